The number of nitrogens with zero attached hydrogens (tertiary/aromatic N) is 1. The van der Waals surface area contributed by atoms with E-state index in [1.165, 1.54) is 0 Å². The first-order valence-electron chi connectivity index (χ1n) is 10.6. The van der Waals surface area contributed by atoms with Crippen LogP contribution in [0.3, 0.4) is 0 Å². The Morgan fingerprint density at radius 2 is 1.81 bits per heavy atom. The summed E-state index contributed by atoms with van der Waals surface area (Å²) in [6.45, 7) is 0.779. The maximum atomic E-state index is 13.0. The summed E-state index contributed by atoms with van der Waals surface area (Å²) in [4.78, 5) is 17.0. The standard InChI is InChI=1S/C24H23ClF3N3O/c25-21-10-7-17(24(26,27)28)13-20(21)23(32)31-18-8-5-15(6-9-18)14-30-22-19-4-2-1-3-16(19)11-12-29-22/h1-4,7,10-13,15,18H,5-6,8-9,14H2,(H,29,30)(H,31,32). The lowest BCUT2D eigenvalue weighted by Gasteiger charge is -2.29. The molecule has 0 bridgehead atoms. The fourth-order valence-corrected chi connectivity index (χ4v) is 4.35. The predicted octanol–water partition coefficient (Wildman–Crippen LogP) is 6.31. The van der Waals surface area contributed by atoms with Crippen molar-refractivity contribution in [2.24, 2.45) is 5.92 Å². The molecule has 0 spiro atoms. The van der Waals surface area contributed by atoms with Crippen LogP contribution in [0.4, 0.5) is 19.0 Å². The molecule has 0 saturated heterocycles. The highest BCUT2D eigenvalue weighted by atomic mass is 35.5. The lowest BCUT2D eigenvalue weighted by molar-refractivity contribution is -0.137. The van der Waals surface area contributed by atoms with Crippen LogP contribution in [-0.2, 0) is 6.18 Å². The van der Waals surface area contributed by atoms with Crippen LogP contribution in [0.25, 0.3) is 10.8 Å². The molecular formula is C24H23ClF3N3O. The third-order valence-electron chi connectivity index (χ3n) is 5.95. The van der Waals surface area contributed by atoms with Crippen LogP contribution in [-0.4, -0.2) is 23.5 Å². The van der Waals surface area contributed by atoms with Crippen molar-refractivity contribution in [3.05, 3.63) is 70.9 Å². The van der Waals surface area contributed by atoms with Gasteiger partial charge >= 0.3 is 6.18 Å². The third-order valence-corrected chi connectivity index (χ3v) is 6.28. The van der Waals surface area contributed by atoms with Crippen molar-refractivity contribution in [3.8, 4) is 0 Å². The number of rotatable bonds is 5. The number of alkyl halides is 3. The summed E-state index contributed by atoms with van der Waals surface area (Å²) < 4.78 is 38.9. The molecule has 1 heterocycles. The molecule has 1 aromatic heterocycles. The Kier molecular flexibility index (Phi) is 6.55. The number of hydrogen-bond donors (Lipinski definition) is 2. The molecule has 4 nitrogen and oxygen atoms in total. The van der Waals surface area contributed by atoms with E-state index in [2.05, 4.69) is 15.6 Å². The van der Waals surface area contributed by atoms with Crippen molar-refractivity contribution in [1.29, 1.82) is 0 Å². The van der Waals surface area contributed by atoms with Crippen LogP contribution in [0, 0.1) is 5.92 Å². The van der Waals surface area contributed by atoms with E-state index in [1.54, 1.807) is 6.20 Å². The van der Waals surface area contributed by atoms with Gasteiger partial charge in [0.2, 0.25) is 0 Å². The van der Waals surface area contributed by atoms with Gasteiger partial charge in [-0.25, -0.2) is 4.98 Å². The number of amides is 1. The maximum Gasteiger partial charge on any atom is 0.416 e. The van der Waals surface area contributed by atoms with E-state index in [0.29, 0.717) is 5.92 Å². The largest absolute Gasteiger partial charge is 0.416 e. The molecule has 1 aliphatic rings. The zero-order valence-electron chi connectivity index (χ0n) is 17.3. The average molecular weight is 462 g/mol. The highest BCUT2D eigenvalue weighted by Gasteiger charge is 2.32. The summed E-state index contributed by atoms with van der Waals surface area (Å²) in [5, 5.41) is 8.51. The minimum Gasteiger partial charge on any atom is -0.369 e. The van der Waals surface area contributed by atoms with E-state index in [4.69, 9.17) is 11.6 Å². The fraction of sp³-hybridized carbons (Fsp3) is 0.333. The lowest BCUT2D eigenvalue weighted by atomic mass is 9.86. The molecule has 1 amide bonds. The van der Waals surface area contributed by atoms with Crippen LogP contribution < -0.4 is 10.6 Å². The number of carbonyl (C=O) groups excluding carboxylic acids is 1. The summed E-state index contributed by atoms with van der Waals surface area (Å²) in [7, 11) is 0. The molecule has 2 N–H and O–H groups in total. The number of anilines is 1. The number of pyridine rings is 1. The first-order chi connectivity index (χ1) is 15.3. The highest BCUT2D eigenvalue weighted by Crippen LogP contribution is 2.32. The van der Waals surface area contributed by atoms with Gasteiger partial charge in [-0.15, -0.1) is 0 Å². The highest BCUT2D eigenvalue weighted by molar-refractivity contribution is 6.33. The SMILES string of the molecule is O=C(NC1CCC(CNc2nccc3ccccc23)CC1)c1cc(C(F)(F)F)ccc1Cl. The molecule has 4 rings (SSSR count). The summed E-state index contributed by atoms with van der Waals surface area (Å²) in [6.07, 6.45) is 0.590. The number of hydrogen-bond acceptors (Lipinski definition) is 3. The Bertz CT molecular complexity index is 1110. The quantitative estimate of drug-likeness (QED) is 0.468. The van der Waals surface area contributed by atoms with Gasteiger partial charge in [0.25, 0.3) is 5.91 Å². The number of aromatic nitrogens is 1. The first kappa shape index (κ1) is 22.4. The molecule has 2 aromatic carbocycles. The van der Waals surface area contributed by atoms with Crippen molar-refractivity contribution in [2.45, 2.75) is 37.9 Å². The molecule has 0 aliphatic heterocycles. The average Bonchev–Trinajstić information content (AvgIpc) is 2.78. The van der Waals surface area contributed by atoms with Crippen molar-refractivity contribution >= 4 is 34.1 Å². The number of nitrogens with one attached hydrogen (secondary N) is 2. The second-order valence-corrected chi connectivity index (χ2v) is 8.55. The van der Waals surface area contributed by atoms with Gasteiger partial charge in [0.15, 0.2) is 0 Å². The topological polar surface area (TPSA) is 54.0 Å². The van der Waals surface area contributed by atoms with Gasteiger partial charge < -0.3 is 10.6 Å². The monoisotopic (exact) mass is 461 g/mol. The zero-order valence-corrected chi connectivity index (χ0v) is 18.0. The van der Waals surface area contributed by atoms with Crippen LogP contribution in [0.15, 0.2) is 54.7 Å². The van der Waals surface area contributed by atoms with E-state index in [9.17, 15) is 18.0 Å². The third kappa shape index (κ3) is 5.15. The smallest absolute Gasteiger partial charge is 0.369 e. The van der Waals surface area contributed by atoms with Crippen LogP contribution >= 0.6 is 11.6 Å². The van der Waals surface area contributed by atoms with Gasteiger partial charge in [-0.05, 0) is 61.3 Å². The number of carbonyl (C=O) groups is 1. The second-order valence-electron chi connectivity index (χ2n) is 8.15. The van der Waals surface area contributed by atoms with E-state index >= 15 is 0 Å². The normalized spacial score (nSPS) is 19.0. The van der Waals surface area contributed by atoms with Crippen molar-refractivity contribution in [1.82, 2.24) is 10.3 Å². The lowest BCUT2D eigenvalue weighted by Crippen LogP contribution is -2.38. The van der Waals surface area contributed by atoms with Gasteiger partial charge in [-0.3, -0.25) is 4.79 Å². The minimum atomic E-state index is -4.52. The van der Waals surface area contributed by atoms with Gasteiger partial charge in [0.1, 0.15) is 5.82 Å². The molecule has 3 aromatic rings. The first-order valence-corrected chi connectivity index (χ1v) is 10.9. The van der Waals surface area contributed by atoms with Crippen LogP contribution in [0.5, 0.6) is 0 Å². The molecule has 1 aliphatic carbocycles. The van der Waals surface area contributed by atoms with E-state index in [0.717, 1.165) is 67.0 Å². The molecule has 1 fully saturated rings. The maximum absolute atomic E-state index is 13.0. The molecule has 168 valence electrons. The number of halogens is 4. The Morgan fingerprint density at radius 1 is 1.06 bits per heavy atom. The minimum absolute atomic E-state index is 0.0102. The summed E-state index contributed by atoms with van der Waals surface area (Å²) in [6, 6.07) is 12.8. The Labute approximate surface area is 189 Å². The van der Waals surface area contributed by atoms with Crippen LogP contribution in [0.2, 0.25) is 5.02 Å². The van der Waals surface area contributed by atoms with Gasteiger partial charge in [-0.2, -0.15) is 13.2 Å². The van der Waals surface area contributed by atoms with Crippen LogP contribution in [0.1, 0.15) is 41.6 Å². The molecule has 0 atom stereocenters. The van der Waals surface area contributed by atoms with Gasteiger partial charge in [0.05, 0.1) is 16.1 Å². The summed E-state index contributed by atoms with van der Waals surface area (Å²) in [5.41, 5.74) is -1.03. The van der Waals surface area contributed by atoms with Crippen molar-refractivity contribution in [3.63, 3.8) is 0 Å². The second kappa shape index (κ2) is 9.36. The summed E-state index contributed by atoms with van der Waals surface area (Å²) in [5.74, 6) is 0.724. The number of benzene rings is 2. The summed E-state index contributed by atoms with van der Waals surface area (Å²) >= 11 is 5.98. The zero-order chi connectivity index (χ0) is 22.7. The Morgan fingerprint density at radius 3 is 2.56 bits per heavy atom. The fourth-order valence-electron chi connectivity index (χ4n) is 4.15. The number of fused-ring (bicyclic) bond motifs is 1. The molecule has 32 heavy (non-hydrogen) atoms. The van der Waals surface area contributed by atoms with Crippen molar-refractivity contribution in [2.75, 3.05) is 11.9 Å². The van der Waals surface area contributed by atoms with E-state index in [-0.39, 0.29) is 16.6 Å². The Hall–Kier alpha value is -2.80. The molecular weight excluding hydrogens is 439 g/mol. The van der Waals surface area contributed by atoms with E-state index in [1.807, 2.05) is 30.3 Å². The van der Waals surface area contributed by atoms with Gasteiger partial charge in [0, 0.05) is 24.2 Å². The molecule has 0 radical (unpaired) electrons. The Balaban J connectivity index is 1.31. The van der Waals surface area contributed by atoms with E-state index < -0.39 is 17.6 Å². The predicted molar refractivity (Wildman–Crippen MR) is 120 cm³/mol. The van der Waals surface area contributed by atoms with Gasteiger partial charge in [-0.1, -0.05) is 35.9 Å². The molecule has 1 saturated carbocycles. The molecule has 0 unspecified atom stereocenters. The van der Waals surface area contributed by atoms with Crippen molar-refractivity contribution < 1.29 is 18.0 Å². The molecule has 8 heteroatoms.